The van der Waals surface area contributed by atoms with Crippen molar-refractivity contribution in [1.29, 1.82) is 0 Å². The Morgan fingerprint density at radius 3 is 2.62 bits per heavy atom. The quantitative estimate of drug-likeness (QED) is 0.645. The fraction of sp³-hybridized carbons (Fsp3) is 0.100. The van der Waals surface area contributed by atoms with E-state index in [9.17, 15) is 4.39 Å². The summed E-state index contributed by atoms with van der Waals surface area (Å²) in [6.45, 7) is 0.607. The molecule has 0 saturated heterocycles. The summed E-state index contributed by atoms with van der Waals surface area (Å²) in [5, 5.41) is 1.60. The highest BCUT2D eigenvalue weighted by Gasteiger charge is 2.10. The van der Waals surface area contributed by atoms with E-state index in [1.807, 2.05) is 30.3 Å². The molecule has 0 bridgehead atoms. The van der Waals surface area contributed by atoms with Gasteiger partial charge in [0.05, 0.1) is 5.38 Å². The van der Waals surface area contributed by atoms with Crippen LogP contribution in [0.2, 0.25) is 0 Å². The maximum Gasteiger partial charge on any atom is 0.421 e. The fourth-order valence-corrected chi connectivity index (χ4v) is 1.76. The van der Waals surface area contributed by atoms with Crippen molar-refractivity contribution in [2.24, 2.45) is 0 Å². The average Bonchev–Trinajstić information content (AvgIpc) is 2.54. The molecule has 0 atom stereocenters. The van der Waals surface area contributed by atoms with E-state index in [4.69, 9.17) is 0 Å². The molecule has 1 aromatic heterocycles. The maximum atomic E-state index is 13.0. The van der Waals surface area contributed by atoms with E-state index < -0.39 is 0 Å². The third-order valence-electron chi connectivity index (χ3n) is 1.83. The first-order valence-corrected chi connectivity index (χ1v) is 4.90. The van der Waals surface area contributed by atoms with Gasteiger partial charge < -0.3 is 0 Å². The van der Waals surface area contributed by atoms with Gasteiger partial charge in [0.15, 0.2) is 12.7 Å². The lowest BCUT2D eigenvalue weighted by Gasteiger charge is -1.93. The molecule has 0 aliphatic rings. The zero-order valence-electron chi connectivity index (χ0n) is 6.98. The van der Waals surface area contributed by atoms with Gasteiger partial charge in [-0.2, -0.15) is 4.57 Å². The molecule has 66 valence electrons. The summed E-state index contributed by atoms with van der Waals surface area (Å²) in [6, 6.07) is 9.85. The molecule has 2 rings (SSSR count). The van der Waals surface area contributed by atoms with Gasteiger partial charge in [0.25, 0.3) is 0 Å². The summed E-state index contributed by atoms with van der Waals surface area (Å²) in [6.07, 6.45) is 1.76. The van der Waals surface area contributed by atoms with Gasteiger partial charge in [-0.25, -0.2) is 0 Å². The number of thiazole rings is 1. The van der Waals surface area contributed by atoms with Crippen LogP contribution in [0.25, 0.3) is 0 Å². The largest absolute Gasteiger partial charge is 0.421 e. The van der Waals surface area contributed by atoms with Crippen LogP contribution in [0.5, 0.6) is 0 Å². The molecular formula is C10H9FNS+. The van der Waals surface area contributed by atoms with Crippen LogP contribution in [-0.4, -0.2) is 0 Å². The lowest BCUT2D eigenvalue weighted by atomic mass is 10.2. The van der Waals surface area contributed by atoms with Crippen LogP contribution in [0.15, 0.2) is 41.9 Å². The van der Waals surface area contributed by atoms with Gasteiger partial charge >= 0.3 is 5.26 Å². The third kappa shape index (κ3) is 1.92. The Bertz CT molecular complexity index is 383. The standard InChI is InChI=1S/C10H9FNS/c11-10-12(6-7-13-10)8-9-4-2-1-3-5-9/h1-7H,8H2/q+1. The highest BCUT2D eigenvalue weighted by molar-refractivity contribution is 7.07. The first-order valence-electron chi connectivity index (χ1n) is 4.02. The van der Waals surface area contributed by atoms with Crippen molar-refractivity contribution in [3.63, 3.8) is 0 Å². The maximum absolute atomic E-state index is 13.0. The fourth-order valence-electron chi connectivity index (χ4n) is 1.18. The van der Waals surface area contributed by atoms with Crippen LogP contribution in [0, 0.1) is 5.26 Å². The Balaban J connectivity index is 2.20. The van der Waals surface area contributed by atoms with Crippen LogP contribution < -0.4 is 4.57 Å². The highest BCUT2D eigenvalue weighted by Crippen LogP contribution is 2.02. The van der Waals surface area contributed by atoms with Crippen molar-refractivity contribution in [2.45, 2.75) is 6.54 Å². The molecule has 2 aromatic rings. The molecular weight excluding hydrogens is 185 g/mol. The van der Waals surface area contributed by atoms with Gasteiger partial charge in [0.1, 0.15) is 0 Å². The van der Waals surface area contributed by atoms with Gasteiger partial charge in [-0.15, -0.1) is 4.39 Å². The number of halogens is 1. The van der Waals surface area contributed by atoms with Gasteiger partial charge in [-0.05, 0) is 11.3 Å². The lowest BCUT2D eigenvalue weighted by Crippen LogP contribution is -2.34. The molecule has 0 unspecified atom stereocenters. The van der Waals surface area contributed by atoms with Gasteiger partial charge in [0, 0.05) is 5.56 Å². The van der Waals surface area contributed by atoms with Crippen molar-refractivity contribution in [2.75, 3.05) is 0 Å². The third-order valence-corrected chi connectivity index (χ3v) is 2.51. The molecule has 0 spiro atoms. The number of hydrogen-bond donors (Lipinski definition) is 0. The zero-order chi connectivity index (χ0) is 9.10. The minimum Gasteiger partial charge on any atom is -0.159 e. The Morgan fingerprint density at radius 2 is 2.00 bits per heavy atom. The van der Waals surface area contributed by atoms with Gasteiger partial charge in [-0.1, -0.05) is 30.3 Å². The summed E-state index contributed by atoms with van der Waals surface area (Å²) in [7, 11) is 0. The van der Waals surface area contributed by atoms with Gasteiger partial charge in [-0.3, -0.25) is 0 Å². The molecule has 0 aliphatic heterocycles. The Morgan fingerprint density at radius 1 is 1.23 bits per heavy atom. The van der Waals surface area contributed by atoms with E-state index in [1.165, 1.54) is 0 Å². The first-order chi connectivity index (χ1) is 6.36. The number of nitrogens with zero attached hydrogens (tertiary/aromatic N) is 1. The van der Waals surface area contributed by atoms with Crippen LogP contribution in [-0.2, 0) is 6.54 Å². The number of aromatic nitrogens is 1. The van der Waals surface area contributed by atoms with Crippen molar-refractivity contribution in [1.82, 2.24) is 0 Å². The zero-order valence-corrected chi connectivity index (χ0v) is 7.80. The summed E-state index contributed by atoms with van der Waals surface area (Å²) in [4.78, 5) is 0. The lowest BCUT2D eigenvalue weighted by molar-refractivity contribution is -0.709. The SMILES string of the molecule is Fc1scc[n+]1Cc1ccccc1. The van der Waals surface area contributed by atoms with Crippen LogP contribution in [0.3, 0.4) is 0 Å². The predicted octanol–water partition coefficient (Wildman–Crippen LogP) is 2.22. The Kier molecular flexibility index (Phi) is 2.36. The monoisotopic (exact) mass is 194 g/mol. The van der Waals surface area contributed by atoms with E-state index in [1.54, 1.807) is 16.1 Å². The van der Waals surface area contributed by atoms with E-state index in [2.05, 4.69) is 0 Å². The minimum absolute atomic E-state index is 0.149. The molecule has 13 heavy (non-hydrogen) atoms. The first kappa shape index (κ1) is 8.38. The number of benzene rings is 1. The van der Waals surface area contributed by atoms with Crippen LogP contribution in [0.1, 0.15) is 5.56 Å². The van der Waals surface area contributed by atoms with Crippen molar-refractivity contribution >= 4 is 11.3 Å². The summed E-state index contributed by atoms with van der Waals surface area (Å²) in [5.74, 6) is 0. The Hall–Kier alpha value is -1.22. The molecule has 1 aromatic carbocycles. The molecule has 0 N–H and O–H groups in total. The molecule has 0 radical (unpaired) electrons. The van der Waals surface area contributed by atoms with E-state index >= 15 is 0 Å². The molecule has 0 aliphatic carbocycles. The topological polar surface area (TPSA) is 3.88 Å². The Labute approximate surface area is 80.1 Å². The van der Waals surface area contributed by atoms with Crippen LogP contribution in [0.4, 0.5) is 4.39 Å². The minimum atomic E-state index is -0.149. The number of hydrogen-bond acceptors (Lipinski definition) is 1. The molecule has 3 heteroatoms. The normalized spacial score (nSPS) is 10.2. The predicted molar refractivity (Wildman–Crippen MR) is 50.0 cm³/mol. The molecule has 1 heterocycles. The van der Waals surface area contributed by atoms with Crippen molar-refractivity contribution in [3.05, 3.63) is 52.7 Å². The van der Waals surface area contributed by atoms with Gasteiger partial charge in [0.2, 0.25) is 0 Å². The second-order valence-electron chi connectivity index (χ2n) is 2.77. The number of rotatable bonds is 2. The highest BCUT2D eigenvalue weighted by atomic mass is 32.1. The average molecular weight is 194 g/mol. The second kappa shape index (κ2) is 3.66. The molecule has 0 amide bonds. The molecule has 0 saturated carbocycles. The van der Waals surface area contributed by atoms with E-state index in [0.717, 1.165) is 16.9 Å². The molecule has 0 fully saturated rings. The second-order valence-corrected chi connectivity index (χ2v) is 3.61. The summed E-state index contributed by atoms with van der Waals surface area (Å²) in [5.41, 5.74) is 1.12. The van der Waals surface area contributed by atoms with Crippen molar-refractivity contribution < 1.29 is 8.96 Å². The van der Waals surface area contributed by atoms with Crippen molar-refractivity contribution in [3.8, 4) is 0 Å². The van der Waals surface area contributed by atoms with E-state index in [0.29, 0.717) is 6.54 Å². The summed E-state index contributed by atoms with van der Waals surface area (Å²) >= 11 is 1.12. The van der Waals surface area contributed by atoms with E-state index in [-0.39, 0.29) is 5.26 Å². The molecule has 1 nitrogen and oxygen atoms in total. The smallest absolute Gasteiger partial charge is 0.159 e. The van der Waals surface area contributed by atoms with Crippen LogP contribution >= 0.6 is 11.3 Å². The summed E-state index contributed by atoms with van der Waals surface area (Å²) < 4.78 is 14.6.